The number of aryl methyl sites for hydroxylation is 1. The molecule has 0 aliphatic carbocycles. The van der Waals surface area contributed by atoms with Crippen LogP contribution in [0.2, 0.25) is 10.0 Å². The minimum atomic E-state index is -0.153. The molecule has 3 aromatic heterocycles. The predicted octanol–water partition coefficient (Wildman–Crippen LogP) is 5.73. The topological polar surface area (TPSA) is 60.7 Å². The maximum absolute atomic E-state index is 13.2. The molecule has 148 valence electrons. The molecule has 0 aliphatic rings. The Morgan fingerprint density at radius 3 is 2.47 bits per heavy atom. The van der Waals surface area contributed by atoms with E-state index in [1.165, 1.54) is 22.2 Å². The zero-order valence-electron chi connectivity index (χ0n) is 15.8. The molecular weight excluding hydrogens is 439 g/mol. The third-order valence-corrected chi connectivity index (χ3v) is 6.68. The SMILES string of the molecule is Cc1nc(-c2ccccc2)nc2sc3c(=O)n(Cc4c(Cl)cccc4Cl)cnc3c12. The second-order valence-electron chi connectivity index (χ2n) is 6.84. The van der Waals surface area contributed by atoms with Crippen LogP contribution in [0.25, 0.3) is 31.8 Å². The molecule has 0 saturated carbocycles. The number of benzene rings is 2. The first-order valence-corrected chi connectivity index (χ1v) is 10.7. The van der Waals surface area contributed by atoms with Crippen LogP contribution in [-0.2, 0) is 6.54 Å². The van der Waals surface area contributed by atoms with Crippen LogP contribution in [0.4, 0.5) is 0 Å². The lowest BCUT2D eigenvalue weighted by atomic mass is 10.2. The summed E-state index contributed by atoms with van der Waals surface area (Å²) >= 11 is 13.9. The van der Waals surface area contributed by atoms with Crippen molar-refractivity contribution < 1.29 is 0 Å². The highest BCUT2D eigenvalue weighted by Gasteiger charge is 2.18. The summed E-state index contributed by atoms with van der Waals surface area (Å²) in [6.45, 7) is 2.16. The molecule has 0 radical (unpaired) electrons. The van der Waals surface area contributed by atoms with Gasteiger partial charge in [0.1, 0.15) is 9.53 Å². The summed E-state index contributed by atoms with van der Waals surface area (Å²) < 4.78 is 2.06. The highest BCUT2D eigenvalue weighted by atomic mass is 35.5. The predicted molar refractivity (Wildman–Crippen MR) is 123 cm³/mol. The number of halogens is 2. The van der Waals surface area contributed by atoms with Gasteiger partial charge in [-0.1, -0.05) is 59.6 Å². The monoisotopic (exact) mass is 452 g/mol. The van der Waals surface area contributed by atoms with E-state index in [1.807, 2.05) is 37.3 Å². The van der Waals surface area contributed by atoms with E-state index in [2.05, 4.69) is 9.97 Å². The normalized spacial score (nSPS) is 11.4. The van der Waals surface area contributed by atoms with Gasteiger partial charge in [0.25, 0.3) is 5.56 Å². The van der Waals surface area contributed by atoms with Crippen LogP contribution in [0.3, 0.4) is 0 Å². The Balaban J connectivity index is 1.68. The van der Waals surface area contributed by atoms with Gasteiger partial charge in [-0.15, -0.1) is 11.3 Å². The fourth-order valence-corrected chi connectivity index (χ4v) is 5.06. The molecule has 30 heavy (non-hydrogen) atoms. The van der Waals surface area contributed by atoms with Crippen molar-refractivity contribution in [2.24, 2.45) is 0 Å². The number of hydrogen-bond donors (Lipinski definition) is 0. The molecule has 0 N–H and O–H groups in total. The summed E-state index contributed by atoms with van der Waals surface area (Å²) in [4.78, 5) is 27.8. The van der Waals surface area contributed by atoms with Gasteiger partial charge in [-0.25, -0.2) is 15.0 Å². The van der Waals surface area contributed by atoms with Crippen molar-refractivity contribution in [2.45, 2.75) is 13.5 Å². The molecule has 5 nitrogen and oxygen atoms in total. The number of rotatable bonds is 3. The van der Waals surface area contributed by atoms with Crippen LogP contribution < -0.4 is 5.56 Å². The largest absolute Gasteiger partial charge is 0.293 e. The number of thiophene rings is 1. The molecule has 0 spiro atoms. The van der Waals surface area contributed by atoms with Crippen molar-refractivity contribution >= 4 is 55.0 Å². The lowest BCUT2D eigenvalue weighted by Crippen LogP contribution is -2.20. The highest BCUT2D eigenvalue weighted by Crippen LogP contribution is 2.32. The Kier molecular flexibility index (Phi) is 4.77. The van der Waals surface area contributed by atoms with Gasteiger partial charge in [0.05, 0.1) is 29.5 Å². The van der Waals surface area contributed by atoms with Gasteiger partial charge < -0.3 is 0 Å². The summed E-state index contributed by atoms with van der Waals surface area (Å²) in [6.07, 6.45) is 1.53. The minimum absolute atomic E-state index is 0.153. The second-order valence-corrected chi connectivity index (χ2v) is 8.65. The Morgan fingerprint density at radius 1 is 1.00 bits per heavy atom. The Labute approximate surface area is 185 Å². The Bertz CT molecular complexity index is 1460. The zero-order chi connectivity index (χ0) is 20.8. The summed E-state index contributed by atoms with van der Waals surface area (Å²) in [7, 11) is 0. The third kappa shape index (κ3) is 3.17. The zero-order valence-corrected chi connectivity index (χ0v) is 18.1. The summed E-state index contributed by atoms with van der Waals surface area (Å²) in [5.74, 6) is 0.635. The maximum atomic E-state index is 13.2. The summed E-state index contributed by atoms with van der Waals surface area (Å²) in [5.41, 5.74) is 2.88. The first-order valence-electron chi connectivity index (χ1n) is 9.17. The van der Waals surface area contributed by atoms with Crippen molar-refractivity contribution in [2.75, 3.05) is 0 Å². The summed E-state index contributed by atoms with van der Waals surface area (Å²) in [5, 5.41) is 1.84. The lowest BCUT2D eigenvalue weighted by molar-refractivity contribution is 0.750. The van der Waals surface area contributed by atoms with Crippen molar-refractivity contribution in [1.29, 1.82) is 0 Å². The van der Waals surface area contributed by atoms with E-state index < -0.39 is 0 Å². The van der Waals surface area contributed by atoms with E-state index in [0.29, 0.717) is 31.6 Å². The number of hydrogen-bond acceptors (Lipinski definition) is 5. The van der Waals surface area contributed by atoms with Crippen molar-refractivity contribution in [3.8, 4) is 11.4 Å². The van der Waals surface area contributed by atoms with E-state index in [9.17, 15) is 4.79 Å². The van der Waals surface area contributed by atoms with Gasteiger partial charge in [0, 0.05) is 21.2 Å². The molecule has 5 rings (SSSR count). The van der Waals surface area contributed by atoms with Gasteiger partial charge in [-0.3, -0.25) is 9.36 Å². The van der Waals surface area contributed by atoms with Crippen molar-refractivity contribution in [3.05, 3.63) is 86.5 Å². The van der Waals surface area contributed by atoms with Crippen LogP contribution >= 0.6 is 34.5 Å². The van der Waals surface area contributed by atoms with Crippen LogP contribution in [0.5, 0.6) is 0 Å². The van der Waals surface area contributed by atoms with Crippen LogP contribution in [0, 0.1) is 6.92 Å². The van der Waals surface area contributed by atoms with E-state index in [-0.39, 0.29) is 12.1 Å². The molecule has 2 aromatic carbocycles. The van der Waals surface area contributed by atoms with Crippen LogP contribution in [0.15, 0.2) is 59.7 Å². The molecule has 5 aromatic rings. The fourth-order valence-electron chi connectivity index (χ4n) is 3.41. The first-order chi connectivity index (χ1) is 14.5. The standard InChI is InChI=1S/C22H14Cl2N4OS/c1-12-17-18-19(30-21(17)27-20(26-12)13-6-3-2-4-7-13)22(29)28(11-25-18)10-14-15(23)8-5-9-16(14)24/h2-9,11H,10H2,1H3. The second kappa shape index (κ2) is 7.47. The lowest BCUT2D eigenvalue weighted by Gasteiger charge is -2.09. The molecule has 0 saturated heterocycles. The number of aromatic nitrogens is 4. The van der Waals surface area contributed by atoms with Crippen LogP contribution in [-0.4, -0.2) is 19.5 Å². The molecule has 8 heteroatoms. The van der Waals surface area contributed by atoms with Crippen LogP contribution in [0.1, 0.15) is 11.3 Å². The van der Waals surface area contributed by atoms with E-state index in [0.717, 1.165) is 21.5 Å². The van der Waals surface area contributed by atoms with E-state index in [4.69, 9.17) is 28.2 Å². The van der Waals surface area contributed by atoms with Gasteiger partial charge in [0.2, 0.25) is 0 Å². The van der Waals surface area contributed by atoms with E-state index in [1.54, 1.807) is 18.2 Å². The molecular formula is C22H14Cl2N4OS. The summed E-state index contributed by atoms with van der Waals surface area (Å²) in [6, 6.07) is 15.1. The molecule has 0 fully saturated rings. The van der Waals surface area contributed by atoms with Gasteiger partial charge in [0.15, 0.2) is 5.82 Å². The molecule has 3 heterocycles. The molecule has 0 bridgehead atoms. The van der Waals surface area contributed by atoms with Crippen molar-refractivity contribution in [3.63, 3.8) is 0 Å². The average Bonchev–Trinajstić information content (AvgIpc) is 3.13. The average molecular weight is 453 g/mol. The molecule has 0 unspecified atom stereocenters. The first kappa shape index (κ1) is 19.2. The van der Waals surface area contributed by atoms with Gasteiger partial charge >= 0.3 is 0 Å². The number of nitrogens with zero attached hydrogens (tertiary/aromatic N) is 4. The maximum Gasteiger partial charge on any atom is 0.271 e. The molecule has 0 atom stereocenters. The third-order valence-electron chi connectivity index (χ3n) is 4.91. The Morgan fingerprint density at radius 2 is 1.73 bits per heavy atom. The molecule has 0 aliphatic heterocycles. The quantitative estimate of drug-likeness (QED) is 0.350. The Hall–Kier alpha value is -2.80. The molecule has 0 amide bonds. The minimum Gasteiger partial charge on any atom is -0.293 e. The van der Waals surface area contributed by atoms with Crippen molar-refractivity contribution in [1.82, 2.24) is 19.5 Å². The number of fused-ring (bicyclic) bond motifs is 3. The smallest absolute Gasteiger partial charge is 0.271 e. The van der Waals surface area contributed by atoms with Gasteiger partial charge in [-0.05, 0) is 19.1 Å². The van der Waals surface area contributed by atoms with E-state index >= 15 is 0 Å². The fraction of sp³-hybridized carbons (Fsp3) is 0.0909. The van der Waals surface area contributed by atoms with Gasteiger partial charge in [-0.2, -0.15) is 0 Å². The highest BCUT2D eigenvalue weighted by molar-refractivity contribution is 7.25.